The molecule has 0 radical (unpaired) electrons. The first-order chi connectivity index (χ1) is 7.67. The number of esters is 1. The summed E-state index contributed by atoms with van der Waals surface area (Å²) in [6.07, 6.45) is 1.41. The minimum Gasteiger partial charge on any atom is -0.465 e. The van der Waals surface area contributed by atoms with Gasteiger partial charge in [-0.1, -0.05) is 11.3 Å². The molecule has 0 aromatic carbocycles. The number of carbonyl (C=O) groups excluding carboxylic acids is 2. The molecule has 0 aliphatic rings. The summed E-state index contributed by atoms with van der Waals surface area (Å²) in [7, 11) is 1.31. The van der Waals surface area contributed by atoms with Gasteiger partial charge in [-0.2, -0.15) is 0 Å². The molecule has 1 aromatic rings. The van der Waals surface area contributed by atoms with Crippen LogP contribution in [0.4, 0.5) is 5.13 Å². The van der Waals surface area contributed by atoms with E-state index in [9.17, 15) is 9.59 Å². The van der Waals surface area contributed by atoms with E-state index in [2.05, 4.69) is 20.4 Å². The Kier molecular flexibility index (Phi) is 4.71. The number of thiazole rings is 1. The number of ether oxygens (including phenoxy) is 1. The summed E-state index contributed by atoms with van der Waals surface area (Å²) in [5.74, 6) is -0.541. The highest BCUT2D eigenvalue weighted by Crippen LogP contribution is 2.18. The molecule has 88 valence electrons. The maximum absolute atomic E-state index is 11.1. The molecule has 7 heteroatoms. The molecular formula is C9H13N3O3S. The van der Waals surface area contributed by atoms with Gasteiger partial charge in [-0.05, 0) is 6.92 Å². The molecular weight excluding hydrogens is 230 g/mol. The number of nitrogens with zero attached hydrogens (tertiary/aromatic N) is 1. The second kappa shape index (κ2) is 6.06. The van der Waals surface area contributed by atoms with Gasteiger partial charge >= 0.3 is 5.97 Å². The fourth-order valence-electron chi connectivity index (χ4n) is 0.966. The van der Waals surface area contributed by atoms with Gasteiger partial charge in [0, 0.05) is 6.54 Å². The molecule has 1 amide bonds. The third-order valence-electron chi connectivity index (χ3n) is 1.67. The summed E-state index contributed by atoms with van der Waals surface area (Å²) >= 11 is 1.15. The Bertz CT molecular complexity index is 378. The molecule has 2 N–H and O–H groups in total. The minimum atomic E-state index is -0.427. The zero-order valence-electron chi connectivity index (χ0n) is 9.07. The van der Waals surface area contributed by atoms with Crippen molar-refractivity contribution in [3.05, 3.63) is 11.1 Å². The third-order valence-corrected chi connectivity index (χ3v) is 2.60. The number of likely N-dealkylation sites (N-methyl/N-ethyl adjacent to an activating group) is 1. The van der Waals surface area contributed by atoms with Crippen molar-refractivity contribution in [1.82, 2.24) is 10.3 Å². The van der Waals surface area contributed by atoms with Gasteiger partial charge < -0.3 is 15.4 Å². The van der Waals surface area contributed by atoms with Crippen LogP contribution in [0.15, 0.2) is 6.20 Å². The van der Waals surface area contributed by atoms with Crippen molar-refractivity contribution in [3.8, 4) is 0 Å². The van der Waals surface area contributed by atoms with Crippen LogP contribution in [0.1, 0.15) is 16.6 Å². The van der Waals surface area contributed by atoms with Crippen LogP contribution in [0.3, 0.4) is 0 Å². The largest absolute Gasteiger partial charge is 0.465 e. The van der Waals surface area contributed by atoms with Gasteiger partial charge in [-0.3, -0.25) is 4.79 Å². The second-order valence-corrected chi connectivity index (χ2v) is 3.86. The summed E-state index contributed by atoms with van der Waals surface area (Å²) in [4.78, 5) is 26.6. The van der Waals surface area contributed by atoms with Crippen molar-refractivity contribution in [2.45, 2.75) is 6.92 Å². The number of anilines is 1. The predicted octanol–water partition coefficient (Wildman–Crippen LogP) is 0.478. The van der Waals surface area contributed by atoms with E-state index in [1.54, 1.807) is 0 Å². The highest BCUT2D eigenvalue weighted by molar-refractivity contribution is 7.17. The zero-order chi connectivity index (χ0) is 12.0. The molecule has 0 bridgehead atoms. The first-order valence-electron chi connectivity index (χ1n) is 4.72. The van der Waals surface area contributed by atoms with Crippen LogP contribution in [0.25, 0.3) is 0 Å². The molecule has 0 aliphatic carbocycles. The van der Waals surface area contributed by atoms with Gasteiger partial charge in [0.2, 0.25) is 5.91 Å². The van der Waals surface area contributed by atoms with E-state index in [4.69, 9.17) is 0 Å². The Morgan fingerprint density at radius 1 is 1.56 bits per heavy atom. The Morgan fingerprint density at radius 2 is 2.31 bits per heavy atom. The monoisotopic (exact) mass is 243 g/mol. The SMILES string of the molecule is CCNC(=O)CNc1ncc(C(=O)OC)s1. The molecule has 0 spiro atoms. The van der Waals surface area contributed by atoms with Crippen LogP contribution in [-0.2, 0) is 9.53 Å². The standard InChI is InChI=1S/C9H13N3O3S/c1-3-10-7(13)5-12-9-11-4-6(16-9)8(14)15-2/h4H,3,5H2,1-2H3,(H,10,13)(H,11,12). The molecule has 0 atom stereocenters. The van der Waals surface area contributed by atoms with Crippen molar-refractivity contribution in [2.75, 3.05) is 25.5 Å². The number of aromatic nitrogens is 1. The molecule has 1 aromatic heterocycles. The maximum Gasteiger partial charge on any atom is 0.349 e. The van der Waals surface area contributed by atoms with Gasteiger partial charge in [0.1, 0.15) is 4.88 Å². The van der Waals surface area contributed by atoms with Crippen molar-refractivity contribution < 1.29 is 14.3 Å². The van der Waals surface area contributed by atoms with Crippen molar-refractivity contribution in [2.24, 2.45) is 0 Å². The molecule has 0 saturated carbocycles. The van der Waals surface area contributed by atoms with Gasteiger partial charge in [0.05, 0.1) is 19.9 Å². The summed E-state index contributed by atoms with van der Waals surface area (Å²) in [5.41, 5.74) is 0. The van der Waals surface area contributed by atoms with E-state index in [1.165, 1.54) is 13.3 Å². The fourth-order valence-corrected chi connectivity index (χ4v) is 1.70. The van der Waals surface area contributed by atoms with Crippen LogP contribution in [-0.4, -0.2) is 37.1 Å². The summed E-state index contributed by atoms with van der Waals surface area (Å²) in [6.45, 7) is 2.57. The molecule has 1 rings (SSSR count). The average molecular weight is 243 g/mol. The quantitative estimate of drug-likeness (QED) is 0.735. The van der Waals surface area contributed by atoms with Crippen LogP contribution >= 0.6 is 11.3 Å². The van der Waals surface area contributed by atoms with Crippen molar-refractivity contribution in [1.29, 1.82) is 0 Å². The number of hydrogen-bond donors (Lipinski definition) is 2. The Balaban J connectivity index is 2.46. The Morgan fingerprint density at radius 3 is 2.94 bits per heavy atom. The summed E-state index contributed by atoms with van der Waals surface area (Å²) in [6, 6.07) is 0. The first-order valence-corrected chi connectivity index (χ1v) is 5.53. The Labute approximate surface area is 97.0 Å². The maximum atomic E-state index is 11.1. The molecule has 0 saturated heterocycles. The Hall–Kier alpha value is -1.63. The minimum absolute atomic E-state index is 0.114. The van der Waals surface area contributed by atoms with Crippen LogP contribution in [0.5, 0.6) is 0 Å². The van der Waals surface area contributed by atoms with Gasteiger partial charge in [0.15, 0.2) is 5.13 Å². The number of methoxy groups -OCH3 is 1. The van der Waals surface area contributed by atoms with E-state index in [0.29, 0.717) is 16.6 Å². The third kappa shape index (κ3) is 3.50. The lowest BCUT2D eigenvalue weighted by Gasteiger charge is -2.02. The predicted molar refractivity (Wildman–Crippen MR) is 60.6 cm³/mol. The molecule has 0 fully saturated rings. The van der Waals surface area contributed by atoms with Gasteiger partial charge in [-0.25, -0.2) is 9.78 Å². The number of amides is 1. The van der Waals surface area contributed by atoms with Crippen LogP contribution in [0.2, 0.25) is 0 Å². The number of nitrogens with one attached hydrogen (secondary N) is 2. The number of carbonyl (C=O) groups is 2. The zero-order valence-corrected chi connectivity index (χ0v) is 9.89. The van der Waals surface area contributed by atoms with Crippen LogP contribution < -0.4 is 10.6 Å². The normalized spacial score (nSPS) is 9.62. The van der Waals surface area contributed by atoms with Gasteiger partial charge in [0.25, 0.3) is 0 Å². The summed E-state index contributed by atoms with van der Waals surface area (Å²) in [5, 5.41) is 5.98. The molecule has 16 heavy (non-hydrogen) atoms. The molecule has 0 unspecified atom stereocenters. The van der Waals surface area contributed by atoms with E-state index in [-0.39, 0.29) is 12.5 Å². The highest BCUT2D eigenvalue weighted by Gasteiger charge is 2.10. The first kappa shape index (κ1) is 12.4. The fraction of sp³-hybridized carbons (Fsp3) is 0.444. The molecule has 1 heterocycles. The molecule has 6 nitrogen and oxygen atoms in total. The lowest BCUT2D eigenvalue weighted by molar-refractivity contribution is -0.119. The topological polar surface area (TPSA) is 80.3 Å². The lowest BCUT2D eigenvalue weighted by atomic mass is 10.5. The van der Waals surface area contributed by atoms with E-state index >= 15 is 0 Å². The van der Waals surface area contributed by atoms with Crippen molar-refractivity contribution >= 4 is 28.3 Å². The lowest BCUT2D eigenvalue weighted by Crippen LogP contribution is -2.29. The summed E-state index contributed by atoms with van der Waals surface area (Å²) < 4.78 is 4.54. The smallest absolute Gasteiger partial charge is 0.349 e. The van der Waals surface area contributed by atoms with E-state index in [1.807, 2.05) is 6.92 Å². The highest BCUT2D eigenvalue weighted by atomic mass is 32.1. The number of rotatable bonds is 5. The van der Waals surface area contributed by atoms with E-state index < -0.39 is 5.97 Å². The average Bonchev–Trinajstić information content (AvgIpc) is 2.74. The molecule has 0 aliphatic heterocycles. The van der Waals surface area contributed by atoms with E-state index in [0.717, 1.165) is 11.3 Å². The van der Waals surface area contributed by atoms with Crippen LogP contribution in [0, 0.1) is 0 Å². The van der Waals surface area contributed by atoms with Gasteiger partial charge in [-0.15, -0.1) is 0 Å². The number of hydrogen-bond acceptors (Lipinski definition) is 6. The second-order valence-electron chi connectivity index (χ2n) is 2.83. The van der Waals surface area contributed by atoms with Crippen molar-refractivity contribution in [3.63, 3.8) is 0 Å².